The van der Waals surface area contributed by atoms with E-state index in [2.05, 4.69) is 33.0 Å². The Morgan fingerprint density at radius 3 is 2.31 bits per heavy atom. The summed E-state index contributed by atoms with van der Waals surface area (Å²) in [5, 5.41) is 3.43. The van der Waals surface area contributed by atoms with E-state index in [1.165, 1.54) is 12.8 Å². The molecule has 1 atom stereocenters. The van der Waals surface area contributed by atoms with Crippen LogP contribution in [0.5, 0.6) is 0 Å². The number of rotatable bonds is 11. The molecular weight excluding hydrogens is 202 g/mol. The van der Waals surface area contributed by atoms with E-state index in [0.29, 0.717) is 25.2 Å². The maximum atomic E-state index is 5.46. The van der Waals surface area contributed by atoms with Gasteiger partial charge in [0, 0.05) is 19.2 Å². The highest BCUT2D eigenvalue weighted by molar-refractivity contribution is 4.58. The average molecular weight is 231 g/mol. The molecular formula is C13H29NO2. The summed E-state index contributed by atoms with van der Waals surface area (Å²) >= 11 is 0. The van der Waals surface area contributed by atoms with Crippen LogP contribution < -0.4 is 5.32 Å². The minimum atomic E-state index is 0.603. The fourth-order valence-electron chi connectivity index (χ4n) is 1.45. The lowest BCUT2D eigenvalue weighted by molar-refractivity contribution is 0.0383. The summed E-state index contributed by atoms with van der Waals surface area (Å²) in [7, 11) is 0. The molecule has 0 aromatic rings. The normalized spacial score (nSPS) is 13.3. The second kappa shape index (κ2) is 11.4. The predicted molar refractivity (Wildman–Crippen MR) is 68.8 cm³/mol. The summed E-state index contributed by atoms with van der Waals surface area (Å²) < 4.78 is 10.9. The fourth-order valence-corrected chi connectivity index (χ4v) is 1.45. The molecule has 0 aliphatic rings. The highest BCUT2D eigenvalue weighted by Crippen LogP contribution is 1.94. The maximum absolute atomic E-state index is 5.46. The first-order valence-corrected chi connectivity index (χ1v) is 6.55. The van der Waals surface area contributed by atoms with Crippen molar-refractivity contribution in [3.8, 4) is 0 Å². The van der Waals surface area contributed by atoms with Crippen LogP contribution in [0.2, 0.25) is 0 Å². The summed E-state index contributed by atoms with van der Waals surface area (Å²) in [4.78, 5) is 0. The van der Waals surface area contributed by atoms with Crippen LogP contribution in [0.3, 0.4) is 0 Å². The van der Waals surface area contributed by atoms with E-state index < -0.39 is 0 Å². The Morgan fingerprint density at radius 1 is 1.00 bits per heavy atom. The highest BCUT2D eigenvalue weighted by Gasteiger charge is 1.98. The van der Waals surface area contributed by atoms with E-state index >= 15 is 0 Å². The highest BCUT2D eigenvalue weighted by atomic mass is 16.5. The third-order valence-corrected chi connectivity index (χ3v) is 2.28. The molecule has 98 valence electrons. The van der Waals surface area contributed by atoms with Crippen LogP contribution in [0.25, 0.3) is 0 Å². The Bertz CT molecular complexity index is 140. The fraction of sp³-hybridized carbons (Fsp3) is 1.00. The Labute approximate surface area is 101 Å². The molecule has 0 heterocycles. The molecule has 1 unspecified atom stereocenters. The van der Waals surface area contributed by atoms with Crippen molar-refractivity contribution in [3.63, 3.8) is 0 Å². The molecule has 0 radical (unpaired) electrons. The van der Waals surface area contributed by atoms with Crippen LogP contribution in [0.15, 0.2) is 0 Å². The summed E-state index contributed by atoms with van der Waals surface area (Å²) in [6.45, 7) is 12.7. The Morgan fingerprint density at radius 2 is 1.69 bits per heavy atom. The second-order valence-corrected chi connectivity index (χ2v) is 4.72. The van der Waals surface area contributed by atoms with Crippen molar-refractivity contribution in [2.24, 2.45) is 5.92 Å². The lowest BCUT2D eigenvalue weighted by Crippen LogP contribution is -2.29. The van der Waals surface area contributed by atoms with Gasteiger partial charge in [-0.1, -0.05) is 27.2 Å². The first-order chi connectivity index (χ1) is 7.66. The van der Waals surface area contributed by atoms with Gasteiger partial charge in [-0.3, -0.25) is 0 Å². The van der Waals surface area contributed by atoms with Crippen LogP contribution in [-0.4, -0.2) is 39.0 Å². The number of nitrogens with one attached hydrogen (secondary N) is 1. The third-order valence-electron chi connectivity index (χ3n) is 2.28. The molecule has 1 N–H and O–H groups in total. The molecule has 0 fully saturated rings. The standard InChI is InChI=1S/C13H29NO2/c1-5-6-13(4)14-7-8-15-9-10-16-11-12(2)3/h12-14H,5-11H2,1-4H3. The second-order valence-electron chi connectivity index (χ2n) is 4.72. The lowest BCUT2D eigenvalue weighted by atomic mass is 10.2. The van der Waals surface area contributed by atoms with Gasteiger partial charge < -0.3 is 14.8 Å². The number of hydrogen-bond donors (Lipinski definition) is 1. The first-order valence-electron chi connectivity index (χ1n) is 6.55. The van der Waals surface area contributed by atoms with Gasteiger partial charge >= 0.3 is 0 Å². The zero-order valence-corrected chi connectivity index (χ0v) is 11.4. The van der Waals surface area contributed by atoms with E-state index in [1.54, 1.807) is 0 Å². The van der Waals surface area contributed by atoms with Crippen LogP contribution in [-0.2, 0) is 9.47 Å². The van der Waals surface area contributed by atoms with E-state index in [0.717, 1.165) is 19.8 Å². The van der Waals surface area contributed by atoms with Crippen molar-refractivity contribution in [1.29, 1.82) is 0 Å². The molecule has 0 saturated heterocycles. The Balaban J connectivity index is 3.04. The molecule has 0 saturated carbocycles. The van der Waals surface area contributed by atoms with Crippen LogP contribution in [0.4, 0.5) is 0 Å². The summed E-state index contributed by atoms with van der Waals surface area (Å²) in [5.74, 6) is 0.608. The summed E-state index contributed by atoms with van der Waals surface area (Å²) in [6, 6.07) is 0.603. The number of ether oxygens (including phenoxy) is 2. The Kier molecular flexibility index (Phi) is 11.3. The summed E-state index contributed by atoms with van der Waals surface area (Å²) in [5.41, 5.74) is 0. The molecule has 0 amide bonds. The van der Waals surface area contributed by atoms with Gasteiger partial charge in [0.2, 0.25) is 0 Å². The van der Waals surface area contributed by atoms with Crippen molar-refractivity contribution in [1.82, 2.24) is 5.32 Å². The smallest absolute Gasteiger partial charge is 0.0701 e. The minimum absolute atomic E-state index is 0.603. The van der Waals surface area contributed by atoms with Gasteiger partial charge in [-0.25, -0.2) is 0 Å². The van der Waals surface area contributed by atoms with Crippen molar-refractivity contribution in [2.45, 2.75) is 46.6 Å². The van der Waals surface area contributed by atoms with E-state index in [4.69, 9.17) is 9.47 Å². The molecule has 0 aromatic carbocycles. The molecule has 3 heteroatoms. The van der Waals surface area contributed by atoms with Crippen LogP contribution in [0.1, 0.15) is 40.5 Å². The quantitative estimate of drug-likeness (QED) is 0.554. The summed E-state index contributed by atoms with van der Waals surface area (Å²) in [6.07, 6.45) is 2.47. The topological polar surface area (TPSA) is 30.5 Å². The zero-order chi connectivity index (χ0) is 12.2. The van der Waals surface area contributed by atoms with Gasteiger partial charge in [0.05, 0.1) is 19.8 Å². The van der Waals surface area contributed by atoms with E-state index in [9.17, 15) is 0 Å². The predicted octanol–water partition coefficient (Wildman–Crippen LogP) is 2.45. The molecule has 0 aliphatic carbocycles. The van der Waals surface area contributed by atoms with E-state index in [1.807, 2.05) is 0 Å². The van der Waals surface area contributed by atoms with Gasteiger partial charge in [0.25, 0.3) is 0 Å². The van der Waals surface area contributed by atoms with Gasteiger partial charge in [-0.05, 0) is 19.3 Å². The molecule has 0 aliphatic heterocycles. The van der Waals surface area contributed by atoms with Gasteiger partial charge in [0.15, 0.2) is 0 Å². The largest absolute Gasteiger partial charge is 0.379 e. The van der Waals surface area contributed by atoms with Crippen molar-refractivity contribution in [2.75, 3.05) is 33.0 Å². The van der Waals surface area contributed by atoms with Crippen molar-refractivity contribution < 1.29 is 9.47 Å². The lowest BCUT2D eigenvalue weighted by Gasteiger charge is -2.12. The molecule has 3 nitrogen and oxygen atoms in total. The molecule has 16 heavy (non-hydrogen) atoms. The third kappa shape index (κ3) is 12.0. The van der Waals surface area contributed by atoms with Crippen LogP contribution >= 0.6 is 0 Å². The molecule has 0 bridgehead atoms. The molecule has 0 spiro atoms. The maximum Gasteiger partial charge on any atom is 0.0701 e. The first kappa shape index (κ1) is 15.9. The Hall–Kier alpha value is -0.120. The van der Waals surface area contributed by atoms with E-state index in [-0.39, 0.29) is 0 Å². The van der Waals surface area contributed by atoms with Gasteiger partial charge in [-0.15, -0.1) is 0 Å². The SMILES string of the molecule is CCCC(C)NCCOCCOCC(C)C. The van der Waals surface area contributed by atoms with Crippen molar-refractivity contribution in [3.05, 3.63) is 0 Å². The average Bonchev–Trinajstić information content (AvgIpc) is 2.22. The van der Waals surface area contributed by atoms with Crippen molar-refractivity contribution >= 4 is 0 Å². The zero-order valence-electron chi connectivity index (χ0n) is 11.4. The number of hydrogen-bond acceptors (Lipinski definition) is 3. The van der Waals surface area contributed by atoms with Crippen LogP contribution in [0, 0.1) is 5.92 Å². The monoisotopic (exact) mass is 231 g/mol. The van der Waals surface area contributed by atoms with Gasteiger partial charge in [0.1, 0.15) is 0 Å². The van der Waals surface area contributed by atoms with Gasteiger partial charge in [-0.2, -0.15) is 0 Å². The minimum Gasteiger partial charge on any atom is -0.379 e. The molecule has 0 aromatic heterocycles. The molecule has 0 rings (SSSR count).